The van der Waals surface area contributed by atoms with Crippen molar-refractivity contribution in [3.8, 4) is 0 Å². The molecule has 0 fully saturated rings. The molecule has 5 nitrogen and oxygen atoms in total. The Labute approximate surface area is 152 Å². The van der Waals surface area contributed by atoms with Gasteiger partial charge < -0.3 is 16.0 Å². The maximum Gasteiger partial charge on any atom is 0.251 e. The zero-order chi connectivity index (χ0) is 18.4. The summed E-state index contributed by atoms with van der Waals surface area (Å²) in [7, 11) is 0. The zero-order valence-electron chi connectivity index (χ0n) is 14.6. The molecule has 26 heavy (non-hydrogen) atoms. The van der Waals surface area contributed by atoms with Crippen LogP contribution in [0.4, 0.5) is 11.4 Å². The van der Waals surface area contributed by atoms with Crippen molar-refractivity contribution in [1.29, 1.82) is 0 Å². The molecule has 0 unspecified atom stereocenters. The first-order chi connectivity index (χ1) is 12.7. The van der Waals surface area contributed by atoms with Gasteiger partial charge in [-0.15, -0.1) is 0 Å². The molecule has 3 aromatic rings. The van der Waals surface area contributed by atoms with E-state index in [1.165, 1.54) is 0 Å². The van der Waals surface area contributed by atoms with Gasteiger partial charge in [0.1, 0.15) is 0 Å². The van der Waals surface area contributed by atoms with Crippen molar-refractivity contribution >= 4 is 34.0 Å². The van der Waals surface area contributed by atoms with Gasteiger partial charge in [-0.3, -0.25) is 9.59 Å². The Balaban J connectivity index is 1.64. The summed E-state index contributed by atoms with van der Waals surface area (Å²) in [5, 5.41) is 10.8. The van der Waals surface area contributed by atoms with Gasteiger partial charge in [-0.25, -0.2) is 0 Å². The maximum atomic E-state index is 12.3. The number of carbonyl (C=O) groups excluding carboxylic acids is 2. The Hall–Kier alpha value is -3.34. The van der Waals surface area contributed by atoms with Gasteiger partial charge in [0.05, 0.1) is 6.54 Å². The van der Waals surface area contributed by atoms with Crippen LogP contribution in [0.3, 0.4) is 0 Å². The summed E-state index contributed by atoms with van der Waals surface area (Å²) < 4.78 is 0. The number of fused-ring (bicyclic) bond motifs is 1. The number of hydrogen-bond acceptors (Lipinski definition) is 3. The molecule has 2 amide bonds. The Kier molecular flexibility index (Phi) is 5.49. The monoisotopic (exact) mass is 347 g/mol. The maximum absolute atomic E-state index is 12.3. The quantitative estimate of drug-likeness (QED) is 0.637. The second-order valence-corrected chi connectivity index (χ2v) is 5.87. The minimum atomic E-state index is -0.148. The molecule has 0 aliphatic rings. The molecular formula is C21H21N3O2. The highest BCUT2D eigenvalue weighted by Crippen LogP contribution is 2.22. The van der Waals surface area contributed by atoms with Crippen molar-refractivity contribution in [2.24, 2.45) is 0 Å². The van der Waals surface area contributed by atoms with Crippen LogP contribution in [0.2, 0.25) is 0 Å². The summed E-state index contributed by atoms with van der Waals surface area (Å²) in [4.78, 5) is 24.2. The average molecular weight is 347 g/mol. The molecular weight excluding hydrogens is 326 g/mol. The van der Waals surface area contributed by atoms with Crippen LogP contribution in [0.25, 0.3) is 10.8 Å². The second kappa shape index (κ2) is 8.16. The van der Waals surface area contributed by atoms with Crippen LogP contribution >= 0.6 is 0 Å². The van der Waals surface area contributed by atoms with Gasteiger partial charge in [0.25, 0.3) is 5.91 Å². The smallest absolute Gasteiger partial charge is 0.251 e. The van der Waals surface area contributed by atoms with Crippen molar-refractivity contribution < 1.29 is 9.59 Å². The lowest BCUT2D eigenvalue weighted by atomic mass is 10.1. The summed E-state index contributed by atoms with van der Waals surface area (Å²) in [5.74, 6) is -0.277. The van der Waals surface area contributed by atoms with Crippen LogP contribution in [0, 0.1) is 0 Å². The highest BCUT2D eigenvalue weighted by atomic mass is 16.2. The van der Waals surface area contributed by atoms with E-state index < -0.39 is 0 Å². The summed E-state index contributed by atoms with van der Waals surface area (Å²) in [6.45, 7) is 2.56. The van der Waals surface area contributed by atoms with Crippen molar-refractivity contribution in [1.82, 2.24) is 5.32 Å². The third-order valence-electron chi connectivity index (χ3n) is 3.98. The summed E-state index contributed by atoms with van der Waals surface area (Å²) in [5.41, 5.74) is 2.07. The number of anilines is 2. The predicted octanol–water partition coefficient (Wildman–Crippen LogP) is 3.64. The molecule has 0 bridgehead atoms. The van der Waals surface area contributed by atoms with E-state index in [4.69, 9.17) is 0 Å². The van der Waals surface area contributed by atoms with Crippen molar-refractivity contribution in [2.75, 3.05) is 23.7 Å². The van der Waals surface area contributed by atoms with Crippen molar-refractivity contribution in [3.05, 3.63) is 72.3 Å². The lowest BCUT2D eigenvalue weighted by molar-refractivity contribution is -0.114. The number of hydrogen-bond donors (Lipinski definition) is 3. The fourth-order valence-corrected chi connectivity index (χ4v) is 2.74. The third kappa shape index (κ3) is 4.19. The summed E-state index contributed by atoms with van der Waals surface area (Å²) in [6.07, 6.45) is 0. The Morgan fingerprint density at radius 1 is 0.923 bits per heavy atom. The largest absolute Gasteiger partial charge is 0.376 e. The van der Waals surface area contributed by atoms with E-state index >= 15 is 0 Å². The first-order valence-electron chi connectivity index (χ1n) is 8.57. The third-order valence-corrected chi connectivity index (χ3v) is 3.98. The fraction of sp³-hybridized carbons (Fsp3) is 0.143. The van der Waals surface area contributed by atoms with Crippen LogP contribution in [-0.4, -0.2) is 24.9 Å². The van der Waals surface area contributed by atoms with Gasteiger partial charge in [0.2, 0.25) is 5.91 Å². The first kappa shape index (κ1) is 17.5. The van der Waals surface area contributed by atoms with Crippen LogP contribution in [0.5, 0.6) is 0 Å². The Morgan fingerprint density at radius 2 is 1.69 bits per heavy atom. The lowest BCUT2D eigenvalue weighted by Crippen LogP contribution is -2.23. The Bertz CT molecular complexity index is 932. The van der Waals surface area contributed by atoms with E-state index in [0.717, 1.165) is 22.1 Å². The minimum Gasteiger partial charge on any atom is -0.376 e. The normalized spacial score (nSPS) is 10.3. The summed E-state index contributed by atoms with van der Waals surface area (Å²) >= 11 is 0. The molecule has 3 aromatic carbocycles. The van der Waals surface area contributed by atoms with Gasteiger partial charge in [-0.2, -0.15) is 0 Å². The molecule has 0 saturated carbocycles. The van der Waals surface area contributed by atoms with Gasteiger partial charge in [-0.05, 0) is 36.6 Å². The molecule has 0 aromatic heterocycles. The van der Waals surface area contributed by atoms with Crippen molar-refractivity contribution in [3.63, 3.8) is 0 Å². The molecule has 3 N–H and O–H groups in total. The number of carbonyl (C=O) groups is 2. The average Bonchev–Trinajstić information content (AvgIpc) is 2.67. The van der Waals surface area contributed by atoms with Crippen LogP contribution in [0.15, 0.2) is 66.7 Å². The van der Waals surface area contributed by atoms with Crippen molar-refractivity contribution in [2.45, 2.75) is 6.92 Å². The molecule has 0 aliphatic heterocycles. The Morgan fingerprint density at radius 3 is 2.54 bits per heavy atom. The highest BCUT2D eigenvalue weighted by molar-refractivity contribution is 6.03. The van der Waals surface area contributed by atoms with Gasteiger partial charge in [0.15, 0.2) is 0 Å². The molecule has 132 valence electrons. The van der Waals surface area contributed by atoms with Gasteiger partial charge in [-0.1, -0.05) is 42.5 Å². The van der Waals surface area contributed by atoms with Gasteiger partial charge >= 0.3 is 0 Å². The van der Waals surface area contributed by atoms with E-state index in [0.29, 0.717) is 12.1 Å². The number of nitrogens with one attached hydrogen (secondary N) is 3. The topological polar surface area (TPSA) is 70.2 Å². The molecule has 0 spiro atoms. The van der Waals surface area contributed by atoms with E-state index in [9.17, 15) is 9.59 Å². The zero-order valence-corrected chi connectivity index (χ0v) is 14.6. The van der Waals surface area contributed by atoms with E-state index in [1.807, 2.05) is 55.5 Å². The summed E-state index contributed by atoms with van der Waals surface area (Å²) in [6, 6.07) is 20.8. The van der Waals surface area contributed by atoms with Gasteiger partial charge in [0, 0.05) is 28.9 Å². The molecule has 5 heteroatoms. The van der Waals surface area contributed by atoms with E-state index in [-0.39, 0.29) is 18.4 Å². The van der Waals surface area contributed by atoms with Crippen LogP contribution in [0.1, 0.15) is 17.3 Å². The highest BCUT2D eigenvalue weighted by Gasteiger charge is 2.07. The number of benzene rings is 3. The molecule has 0 radical (unpaired) electrons. The first-order valence-corrected chi connectivity index (χ1v) is 8.57. The van der Waals surface area contributed by atoms with Crippen LogP contribution in [-0.2, 0) is 4.79 Å². The number of rotatable bonds is 6. The predicted molar refractivity (Wildman–Crippen MR) is 106 cm³/mol. The molecule has 0 heterocycles. The van der Waals surface area contributed by atoms with E-state index in [1.54, 1.807) is 18.2 Å². The number of amides is 2. The molecule has 0 saturated heterocycles. The minimum absolute atomic E-state index is 0.113. The lowest BCUT2D eigenvalue weighted by Gasteiger charge is -2.11. The fourth-order valence-electron chi connectivity index (χ4n) is 2.74. The molecule has 3 rings (SSSR count). The van der Waals surface area contributed by atoms with E-state index in [2.05, 4.69) is 16.0 Å². The SMILES string of the molecule is CCNC(=O)c1cccc(NCC(=O)Nc2cccc3ccccc23)c1. The molecule has 0 atom stereocenters. The second-order valence-electron chi connectivity index (χ2n) is 5.87. The van der Waals surface area contributed by atoms with Crippen LogP contribution < -0.4 is 16.0 Å². The standard InChI is InChI=1S/C21H21N3O2/c1-2-22-21(26)16-9-5-10-17(13-16)23-14-20(25)24-19-12-6-8-15-7-3-4-11-18(15)19/h3-13,23H,2,14H2,1H3,(H,22,26)(H,24,25). The molecule has 0 aliphatic carbocycles.